The Kier molecular flexibility index (Phi) is 6.72. The van der Waals surface area contributed by atoms with Gasteiger partial charge in [-0.15, -0.1) is 0 Å². The van der Waals surface area contributed by atoms with Gasteiger partial charge in [0, 0.05) is 6.54 Å². The summed E-state index contributed by atoms with van der Waals surface area (Å²) in [6.07, 6.45) is 1.00. The molecular weight excluding hydrogens is 216 g/mol. The molecule has 4 heteroatoms. The van der Waals surface area contributed by atoms with Crippen LogP contribution < -0.4 is 11.1 Å². The van der Waals surface area contributed by atoms with E-state index in [0.717, 1.165) is 0 Å². The first-order valence-electron chi connectivity index (χ1n) is 6.35. The maximum atomic E-state index is 11.7. The van der Waals surface area contributed by atoms with Crippen LogP contribution in [0, 0.1) is 11.3 Å². The largest absolute Gasteiger partial charge is 0.393 e. The number of carbonyl (C=O) groups is 1. The molecule has 0 saturated heterocycles. The van der Waals surface area contributed by atoms with Crippen molar-refractivity contribution in [3.63, 3.8) is 0 Å². The van der Waals surface area contributed by atoms with Gasteiger partial charge < -0.3 is 16.2 Å². The summed E-state index contributed by atoms with van der Waals surface area (Å²) in [5.74, 6) is 0.318. The van der Waals surface area contributed by atoms with E-state index in [9.17, 15) is 9.90 Å². The monoisotopic (exact) mass is 244 g/mol. The molecule has 4 N–H and O–H groups in total. The molecule has 102 valence electrons. The number of amides is 1. The zero-order valence-corrected chi connectivity index (χ0v) is 11.8. The van der Waals surface area contributed by atoms with Crippen molar-refractivity contribution in [2.75, 3.05) is 6.54 Å². The molecule has 0 aromatic heterocycles. The van der Waals surface area contributed by atoms with E-state index in [-0.39, 0.29) is 17.4 Å². The van der Waals surface area contributed by atoms with Crippen LogP contribution in [0.2, 0.25) is 0 Å². The predicted molar refractivity (Wildman–Crippen MR) is 70.5 cm³/mol. The highest BCUT2D eigenvalue weighted by atomic mass is 16.3. The van der Waals surface area contributed by atoms with Crippen LogP contribution in [0.5, 0.6) is 0 Å². The van der Waals surface area contributed by atoms with Crippen molar-refractivity contribution in [3.05, 3.63) is 0 Å². The summed E-state index contributed by atoms with van der Waals surface area (Å²) in [5.41, 5.74) is 5.68. The van der Waals surface area contributed by atoms with Gasteiger partial charge in [-0.2, -0.15) is 0 Å². The summed E-state index contributed by atoms with van der Waals surface area (Å²) in [7, 11) is 0. The summed E-state index contributed by atoms with van der Waals surface area (Å²) in [6.45, 7) is 10.4. The molecule has 0 aliphatic rings. The highest BCUT2D eigenvalue weighted by Gasteiger charge is 2.22. The second kappa shape index (κ2) is 6.97. The molecule has 0 bridgehead atoms. The van der Waals surface area contributed by atoms with E-state index in [1.165, 1.54) is 0 Å². The van der Waals surface area contributed by atoms with Crippen LogP contribution in [0.3, 0.4) is 0 Å². The third-order valence-electron chi connectivity index (χ3n) is 2.65. The van der Waals surface area contributed by atoms with Crippen molar-refractivity contribution in [1.82, 2.24) is 5.32 Å². The molecule has 2 atom stereocenters. The van der Waals surface area contributed by atoms with Crippen LogP contribution in [0.1, 0.15) is 47.5 Å². The lowest BCUT2D eigenvalue weighted by molar-refractivity contribution is -0.123. The second-order valence-electron chi connectivity index (χ2n) is 6.17. The number of nitrogens with two attached hydrogens (primary N) is 1. The topological polar surface area (TPSA) is 75.4 Å². The fourth-order valence-electron chi connectivity index (χ4n) is 1.94. The van der Waals surface area contributed by atoms with Gasteiger partial charge in [0.2, 0.25) is 5.91 Å². The molecule has 1 amide bonds. The summed E-state index contributed by atoms with van der Waals surface area (Å²) < 4.78 is 0. The Morgan fingerprint density at radius 1 is 1.35 bits per heavy atom. The highest BCUT2D eigenvalue weighted by molar-refractivity contribution is 5.81. The van der Waals surface area contributed by atoms with Crippen molar-refractivity contribution >= 4 is 5.91 Å². The fourth-order valence-corrected chi connectivity index (χ4v) is 1.94. The fraction of sp³-hybridized carbons (Fsp3) is 0.923. The van der Waals surface area contributed by atoms with Crippen LogP contribution in [0.25, 0.3) is 0 Å². The number of hydrogen-bond donors (Lipinski definition) is 3. The number of hydrogen-bond acceptors (Lipinski definition) is 3. The van der Waals surface area contributed by atoms with Crippen LogP contribution in [0.4, 0.5) is 0 Å². The lowest BCUT2D eigenvalue weighted by Crippen LogP contribution is -2.45. The number of aliphatic hydroxyl groups is 1. The molecule has 0 aliphatic carbocycles. The Morgan fingerprint density at radius 2 is 1.88 bits per heavy atom. The average molecular weight is 244 g/mol. The van der Waals surface area contributed by atoms with Gasteiger partial charge in [-0.05, 0) is 31.1 Å². The molecule has 1 unspecified atom stereocenters. The van der Waals surface area contributed by atoms with Crippen LogP contribution in [0.15, 0.2) is 0 Å². The van der Waals surface area contributed by atoms with Crippen LogP contribution in [-0.2, 0) is 4.79 Å². The Labute approximate surface area is 105 Å². The quantitative estimate of drug-likeness (QED) is 0.631. The molecule has 0 saturated carbocycles. The molecular formula is C13H28N2O2. The van der Waals surface area contributed by atoms with E-state index in [0.29, 0.717) is 25.3 Å². The van der Waals surface area contributed by atoms with Gasteiger partial charge in [-0.1, -0.05) is 27.7 Å². The van der Waals surface area contributed by atoms with E-state index < -0.39 is 6.04 Å². The van der Waals surface area contributed by atoms with Crippen LogP contribution in [-0.4, -0.2) is 29.7 Å². The number of nitrogens with one attached hydrogen (secondary N) is 1. The number of rotatable bonds is 7. The molecule has 0 spiro atoms. The van der Waals surface area contributed by atoms with E-state index in [4.69, 9.17) is 5.73 Å². The van der Waals surface area contributed by atoms with E-state index in [2.05, 4.69) is 5.32 Å². The van der Waals surface area contributed by atoms with Crippen molar-refractivity contribution in [2.45, 2.75) is 59.6 Å². The highest BCUT2D eigenvalue weighted by Crippen LogP contribution is 2.21. The van der Waals surface area contributed by atoms with Gasteiger partial charge in [0.25, 0.3) is 0 Å². The second-order valence-corrected chi connectivity index (χ2v) is 6.17. The first-order chi connectivity index (χ1) is 7.64. The smallest absolute Gasteiger partial charge is 0.236 e. The Bertz CT molecular complexity index is 238. The average Bonchev–Trinajstić information content (AvgIpc) is 2.11. The lowest BCUT2D eigenvalue weighted by Gasteiger charge is -2.27. The van der Waals surface area contributed by atoms with E-state index in [1.54, 1.807) is 6.92 Å². The van der Waals surface area contributed by atoms with Crippen LogP contribution >= 0.6 is 0 Å². The summed E-state index contributed by atoms with van der Waals surface area (Å²) >= 11 is 0. The zero-order valence-electron chi connectivity index (χ0n) is 11.8. The molecule has 0 aliphatic heterocycles. The predicted octanol–water partition coefficient (Wildman–Crippen LogP) is 1.27. The molecule has 0 rings (SSSR count). The van der Waals surface area contributed by atoms with Gasteiger partial charge in [0.05, 0.1) is 12.1 Å². The molecule has 17 heavy (non-hydrogen) atoms. The molecule has 0 radical (unpaired) electrons. The molecule has 0 aromatic carbocycles. The third kappa shape index (κ3) is 8.16. The van der Waals surface area contributed by atoms with Gasteiger partial charge in [0.15, 0.2) is 0 Å². The molecule has 0 fully saturated rings. The minimum atomic E-state index is -0.433. The third-order valence-corrected chi connectivity index (χ3v) is 2.65. The first-order valence-corrected chi connectivity index (χ1v) is 6.35. The van der Waals surface area contributed by atoms with Gasteiger partial charge in [-0.3, -0.25) is 4.79 Å². The maximum absolute atomic E-state index is 11.7. The Hall–Kier alpha value is -0.610. The summed E-state index contributed by atoms with van der Waals surface area (Å²) in [6, 6.07) is -0.433. The standard InChI is InChI=1S/C13H28N2O2/c1-9(2)6-11(14)12(17)15-8-13(4,5)7-10(3)16/h9-11,16H,6-8,14H2,1-5H3,(H,15,17)/t10?,11-/m0/s1. The maximum Gasteiger partial charge on any atom is 0.236 e. The number of carbonyl (C=O) groups excluding carboxylic acids is 1. The van der Waals surface area contributed by atoms with E-state index in [1.807, 2.05) is 27.7 Å². The Balaban J connectivity index is 4.06. The number of aliphatic hydroxyl groups excluding tert-OH is 1. The zero-order chi connectivity index (χ0) is 13.6. The molecule has 4 nitrogen and oxygen atoms in total. The first kappa shape index (κ1) is 16.4. The van der Waals surface area contributed by atoms with Gasteiger partial charge in [-0.25, -0.2) is 0 Å². The SMILES string of the molecule is CC(C)C[C@H](N)C(=O)NCC(C)(C)CC(C)O. The summed E-state index contributed by atoms with van der Waals surface area (Å²) in [4.78, 5) is 11.7. The Morgan fingerprint density at radius 3 is 2.29 bits per heavy atom. The van der Waals surface area contributed by atoms with Crippen molar-refractivity contribution < 1.29 is 9.90 Å². The van der Waals surface area contributed by atoms with Crippen molar-refractivity contribution in [1.29, 1.82) is 0 Å². The molecule has 0 heterocycles. The minimum Gasteiger partial charge on any atom is -0.393 e. The minimum absolute atomic E-state index is 0.0997. The normalized spacial score (nSPS) is 15.8. The van der Waals surface area contributed by atoms with Crippen molar-refractivity contribution in [3.8, 4) is 0 Å². The summed E-state index contributed by atoms with van der Waals surface area (Å²) in [5, 5.41) is 12.2. The molecule has 0 aromatic rings. The lowest BCUT2D eigenvalue weighted by atomic mass is 9.87. The van der Waals surface area contributed by atoms with E-state index >= 15 is 0 Å². The van der Waals surface area contributed by atoms with Gasteiger partial charge >= 0.3 is 0 Å². The van der Waals surface area contributed by atoms with Crippen molar-refractivity contribution in [2.24, 2.45) is 17.1 Å². The van der Waals surface area contributed by atoms with Gasteiger partial charge in [0.1, 0.15) is 0 Å².